The van der Waals surface area contributed by atoms with Crippen LogP contribution in [0.1, 0.15) is 58.6 Å². The lowest BCUT2D eigenvalue weighted by molar-refractivity contribution is -0.134. The number of rotatable bonds is 8. The molecule has 4 aliphatic rings. The molecule has 0 aliphatic carbocycles. The van der Waals surface area contributed by atoms with Gasteiger partial charge < -0.3 is 28.2 Å². The highest BCUT2D eigenvalue weighted by Crippen LogP contribution is 2.36. The molecule has 16 heteroatoms. The SMILES string of the molecule is COc1cc(/C=C2\CN(C)C(=O)N3C2=NCCC3c2ccc(F)cc2)ccc1-n1cnc(C)c1.COc1cc(/C=C2\OCC(=O)N3C2=NCCC3c2ccc(F)cc2)ccc1-n1cnc(C)c1. The van der Waals surface area contributed by atoms with Gasteiger partial charge in [-0.3, -0.25) is 24.6 Å². The number of methoxy groups -OCH3 is 2. The van der Waals surface area contributed by atoms with Crippen LogP contribution >= 0.6 is 0 Å². The molecule has 14 nitrogen and oxygen atoms in total. The van der Waals surface area contributed by atoms with Gasteiger partial charge in [0, 0.05) is 38.1 Å². The molecular weight excluding hydrogens is 857 g/mol. The highest BCUT2D eigenvalue weighted by atomic mass is 19.1. The van der Waals surface area contributed by atoms with Gasteiger partial charge in [-0.25, -0.2) is 23.5 Å². The van der Waals surface area contributed by atoms with Crippen LogP contribution in [0.5, 0.6) is 11.5 Å². The molecule has 2 atom stereocenters. The lowest BCUT2D eigenvalue weighted by Crippen LogP contribution is -2.54. The number of nitrogens with zero attached hydrogens (tertiary/aromatic N) is 9. The minimum atomic E-state index is -0.305. The van der Waals surface area contributed by atoms with E-state index in [1.54, 1.807) is 72.9 Å². The molecular formula is C51H49F2N9O5. The van der Waals surface area contributed by atoms with E-state index in [0.29, 0.717) is 55.7 Å². The third-order valence-electron chi connectivity index (χ3n) is 12.0. The van der Waals surface area contributed by atoms with Crippen LogP contribution in [0.4, 0.5) is 13.6 Å². The first-order valence-electron chi connectivity index (χ1n) is 21.9. The zero-order valence-electron chi connectivity index (χ0n) is 37.8. The Morgan fingerprint density at radius 1 is 0.672 bits per heavy atom. The van der Waals surface area contributed by atoms with E-state index >= 15 is 0 Å². The van der Waals surface area contributed by atoms with Crippen molar-refractivity contribution in [2.24, 2.45) is 9.98 Å². The number of morpholine rings is 1. The molecule has 0 spiro atoms. The van der Waals surface area contributed by atoms with Crippen LogP contribution in [0.2, 0.25) is 0 Å². The second-order valence-corrected chi connectivity index (χ2v) is 16.6. The van der Waals surface area contributed by atoms with E-state index in [1.807, 2.05) is 83.9 Å². The van der Waals surface area contributed by atoms with E-state index in [9.17, 15) is 18.4 Å². The molecule has 0 radical (unpaired) electrons. The zero-order valence-corrected chi connectivity index (χ0v) is 37.8. The fraction of sp³-hybridized carbons (Fsp3) is 0.255. The van der Waals surface area contributed by atoms with Crippen LogP contribution in [0, 0.1) is 25.5 Å². The third-order valence-corrected chi connectivity index (χ3v) is 12.0. The molecule has 4 aliphatic heterocycles. The second-order valence-electron chi connectivity index (χ2n) is 16.6. The normalized spacial score (nSPS) is 19.2. The number of imidazole rings is 2. The fourth-order valence-electron chi connectivity index (χ4n) is 8.78. The topological polar surface area (TPSA) is 132 Å². The maximum atomic E-state index is 13.5. The van der Waals surface area contributed by atoms with Crippen molar-refractivity contribution in [3.8, 4) is 22.9 Å². The molecule has 67 heavy (non-hydrogen) atoms. The molecule has 0 bridgehead atoms. The second kappa shape index (κ2) is 18.9. The number of halogens is 2. The Bertz CT molecular complexity index is 2960. The van der Waals surface area contributed by atoms with E-state index in [0.717, 1.165) is 56.3 Å². The zero-order chi connectivity index (χ0) is 46.8. The Hall–Kier alpha value is -7.88. The molecule has 4 aromatic carbocycles. The van der Waals surface area contributed by atoms with Crippen molar-refractivity contribution in [2.75, 3.05) is 47.5 Å². The quantitative estimate of drug-likeness (QED) is 0.149. The summed E-state index contributed by atoms with van der Waals surface area (Å²) in [6, 6.07) is 23.9. The number of ether oxygens (including phenoxy) is 3. The smallest absolute Gasteiger partial charge is 0.326 e. The molecule has 2 unspecified atom stereocenters. The minimum Gasteiger partial charge on any atom is -0.495 e. The number of benzene rings is 4. The first-order chi connectivity index (χ1) is 32.5. The number of carbonyl (C=O) groups is 2. The summed E-state index contributed by atoms with van der Waals surface area (Å²) < 4.78 is 47.8. The molecule has 6 aromatic rings. The Labute approximate surface area is 386 Å². The summed E-state index contributed by atoms with van der Waals surface area (Å²) in [5, 5.41) is 0. The minimum absolute atomic E-state index is 0.0773. The summed E-state index contributed by atoms with van der Waals surface area (Å²) in [4.78, 5) is 48.9. The number of amidine groups is 2. The monoisotopic (exact) mass is 905 g/mol. The van der Waals surface area contributed by atoms with Gasteiger partial charge in [-0.2, -0.15) is 0 Å². The Kier molecular flexibility index (Phi) is 12.5. The number of fused-ring (bicyclic) bond motifs is 2. The van der Waals surface area contributed by atoms with Crippen LogP contribution in [0.3, 0.4) is 0 Å². The number of carbonyl (C=O) groups excluding carboxylic acids is 2. The first kappa shape index (κ1) is 44.3. The van der Waals surface area contributed by atoms with Crippen molar-refractivity contribution in [1.82, 2.24) is 33.8 Å². The number of aromatic nitrogens is 4. The fourth-order valence-corrected chi connectivity index (χ4v) is 8.78. The number of urea groups is 1. The maximum Gasteiger partial charge on any atom is 0.326 e. The standard InChI is InChI=1S/C26H26FN5O2.C25H23FN4O3/c1-17-14-31(16-29-17)23-9-4-18(13-24(23)34-3)12-20-15-30(2)26(33)32-22(10-11-28-25(20)32)19-5-7-21(27)8-6-19;1-16-13-29(15-28-16)21-8-3-17(11-22(21)32-2)12-23-25-27-10-9-20(30(25)24(31)14-33-23)18-4-6-19(26)7-5-18/h4-9,12-14,16,22H,10-11,15H2,1-3H3;3-8,11-13,15,20H,9-10,14H2,1-2H3/b20-12+;23-12-. The number of hydrogen-bond donors (Lipinski definition) is 0. The largest absolute Gasteiger partial charge is 0.495 e. The average Bonchev–Trinajstić information content (AvgIpc) is 3.99. The summed E-state index contributed by atoms with van der Waals surface area (Å²) in [6.45, 7) is 5.40. The molecule has 3 amide bonds. The molecule has 2 fully saturated rings. The van der Waals surface area contributed by atoms with E-state index in [-0.39, 0.29) is 42.3 Å². The molecule has 0 N–H and O–H groups in total. The van der Waals surface area contributed by atoms with Crippen LogP contribution < -0.4 is 9.47 Å². The van der Waals surface area contributed by atoms with E-state index in [4.69, 9.17) is 19.2 Å². The maximum absolute atomic E-state index is 13.5. The van der Waals surface area contributed by atoms with Crippen molar-refractivity contribution in [3.05, 3.63) is 167 Å². The van der Waals surface area contributed by atoms with Crippen LogP contribution in [0.15, 0.2) is 131 Å². The molecule has 2 saturated heterocycles. The van der Waals surface area contributed by atoms with Gasteiger partial charge in [-0.1, -0.05) is 36.4 Å². The highest BCUT2D eigenvalue weighted by Gasteiger charge is 2.40. The molecule has 10 rings (SSSR count). The van der Waals surface area contributed by atoms with Crippen molar-refractivity contribution >= 4 is 35.8 Å². The van der Waals surface area contributed by atoms with Crippen molar-refractivity contribution in [2.45, 2.75) is 38.8 Å². The van der Waals surface area contributed by atoms with Crippen molar-refractivity contribution in [1.29, 1.82) is 0 Å². The lowest BCUT2D eigenvalue weighted by atomic mass is 9.96. The summed E-state index contributed by atoms with van der Waals surface area (Å²) >= 11 is 0. The van der Waals surface area contributed by atoms with Crippen LogP contribution in [0.25, 0.3) is 23.5 Å². The Morgan fingerprint density at radius 2 is 1.18 bits per heavy atom. The summed E-state index contributed by atoms with van der Waals surface area (Å²) in [5.41, 5.74) is 8.12. The Balaban J connectivity index is 0.000000168. The lowest BCUT2D eigenvalue weighted by Gasteiger charge is -2.43. The van der Waals surface area contributed by atoms with Gasteiger partial charge in [0.1, 0.15) is 29.0 Å². The van der Waals surface area contributed by atoms with E-state index in [2.05, 4.69) is 15.0 Å². The van der Waals surface area contributed by atoms with Gasteiger partial charge >= 0.3 is 6.03 Å². The van der Waals surface area contributed by atoms with E-state index < -0.39 is 0 Å². The summed E-state index contributed by atoms with van der Waals surface area (Å²) in [7, 11) is 5.05. The van der Waals surface area contributed by atoms with Gasteiger partial charge in [-0.15, -0.1) is 0 Å². The summed E-state index contributed by atoms with van der Waals surface area (Å²) in [6.07, 6.45) is 12.6. The number of hydrogen-bond acceptors (Lipinski definition) is 9. The highest BCUT2D eigenvalue weighted by molar-refractivity contribution is 6.13. The predicted octanol–water partition coefficient (Wildman–Crippen LogP) is 8.69. The van der Waals surface area contributed by atoms with E-state index in [1.165, 1.54) is 24.3 Å². The van der Waals surface area contributed by atoms with Gasteiger partial charge in [-0.05, 0) is 110 Å². The first-order valence-corrected chi connectivity index (χ1v) is 21.9. The van der Waals surface area contributed by atoms with Gasteiger partial charge in [0.15, 0.2) is 18.2 Å². The van der Waals surface area contributed by atoms with Crippen molar-refractivity contribution < 1.29 is 32.6 Å². The number of likely N-dealkylation sites (N-methyl/N-ethyl adjacent to an activating group) is 1. The number of aryl methyl sites for hydroxylation is 2. The third kappa shape index (κ3) is 9.19. The molecule has 2 aromatic heterocycles. The van der Waals surface area contributed by atoms with Gasteiger partial charge in [0.2, 0.25) is 0 Å². The molecule has 0 saturated carbocycles. The van der Waals surface area contributed by atoms with Crippen LogP contribution in [-0.4, -0.2) is 105 Å². The van der Waals surface area contributed by atoms with Crippen LogP contribution in [-0.2, 0) is 9.53 Å². The molecule has 342 valence electrons. The molecule has 6 heterocycles. The van der Waals surface area contributed by atoms with Gasteiger partial charge in [0.05, 0.1) is 68.3 Å². The summed E-state index contributed by atoms with van der Waals surface area (Å²) in [5.74, 6) is 2.34. The predicted molar refractivity (Wildman–Crippen MR) is 250 cm³/mol. The average molecular weight is 906 g/mol. The Morgan fingerprint density at radius 3 is 1.69 bits per heavy atom. The number of aliphatic imine (C=N–C) groups is 2. The van der Waals surface area contributed by atoms with Gasteiger partial charge in [0.25, 0.3) is 5.91 Å². The van der Waals surface area contributed by atoms with Crippen molar-refractivity contribution in [3.63, 3.8) is 0 Å². The number of amides is 3.